The molecule has 3 unspecified atom stereocenters. The summed E-state index contributed by atoms with van der Waals surface area (Å²) < 4.78 is 0. The molecule has 1 saturated carbocycles. The predicted octanol–water partition coefficient (Wildman–Crippen LogP) is 1.54. The van der Waals surface area contributed by atoms with Crippen LogP contribution in [0.3, 0.4) is 0 Å². The molecule has 0 aromatic heterocycles. The summed E-state index contributed by atoms with van der Waals surface area (Å²) in [6.07, 6.45) is 5.82. The SMILES string of the molecule is CC(=O)C1C2CCCCC2CCN1CC(=O)O. The van der Waals surface area contributed by atoms with Gasteiger partial charge in [0.15, 0.2) is 0 Å². The van der Waals surface area contributed by atoms with E-state index in [1.165, 1.54) is 19.3 Å². The molecular weight excluding hydrogens is 218 g/mol. The molecule has 1 heterocycles. The molecule has 1 aliphatic carbocycles. The normalized spacial score (nSPS) is 34.1. The number of carbonyl (C=O) groups excluding carboxylic acids is 1. The zero-order valence-electron chi connectivity index (χ0n) is 10.4. The summed E-state index contributed by atoms with van der Waals surface area (Å²) in [5.41, 5.74) is 0. The van der Waals surface area contributed by atoms with Gasteiger partial charge in [0.25, 0.3) is 0 Å². The van der Waals surface area contributed by atoms with Gasteiger partial charge in [0.05, 0.1) is 12.6 Å². The minimum atomic E-state index is -0.828. The lowest BCUT2D eigenvalue weighted by Crippen LogP contribution is -2.54. The summed E-state index contributed by atoms with van der Waals surface area (Å²) in [6.45, 7) is 2.38. The molecular formula is C13H21NO3. The Morgan fingerprint density at radius 3 is 2.59 bits per heavy atom. The Morgan fingerprint density at radius 1 is 1.24 bits per heavy atom. The second-order valence-corrected chi connectivity index (χ2v) is 5.42. The van der Waals surface area contributed by atoms with Crippen molar-refractivity contribution in [1.82, 2.24) is 4.90 Å². The second-order valence-electron chi connectivity index (χ2n) is 5.42. The van der Waals surface area contributed by atoms with Crippen LogP contribution in [0.15, 0.2) is 0 Å². The molecule has 1 N–H and O–H groups in total. The van der Waals surface area contributed by atoms with E-state index in [9.17, 15) is 9.59 Å². The van der Waals surface area contributed by atoms with Gasteiger partial charge in [0, 0.05) is 0 Å². The number of likely N-dealkylation sites (tertiary alicyclic amines) is 1. The molecule has 0 spiro atoms. The van der Waals surface area contributed by atoms with E-state index in [0.717, 1.165) is 19.4 Å². The summed E-state index contributed by atoms with van der Waals surface area (Å²) >= 11 is 0. The third-order valence-electron chi connectivity index (χ3n) is 4.31. The number of hydrogen-bond donors (Lipinski definition) is 1. The highest BCUT2D eigenvalue weighted by Crippen LogP contribution is 2.40. The zero-order chi connectivity index (χ0) is 12.4. The number of carboxylic acids is 1. The van der Waals surface area contributed by atoms with Crippen molar-refractivity contribution in [3.8, 4) is 0 Å². The van der Waals surface area contributed by atoms with Crippen LogP contribution < -0.4 is 0 Å². The smallest absolute Gasteiger partial charge is 0.317 e. The third-order valence-corrected chi connectivity index (χ3v) is 4.31. The van der Waals surface area contributed by atoms with Gasteiger partial charge >= 0.3 is 5.97 Å². The molecule has 3 atom stereocenters. The summed E-state index contributed by atoms with van der Waals surface area (Å²) in [7, 11) is 0. The fourth-order valence-electron chi connectivity index (χ4n) is 3.66. The van der Waals surface area contributed by atoms with E-state index in [2.05, 4.69) is 0 Å². The van der Waals surface area contributed by atoms with Crippen LogP contribution in [-0.2, 0) is 9.59 Å². The van der Waals surface area contributed by atoms with Crippen LogP contribution in [0.25, 0.3) is 0 Å². The van der Waals surface area contributed by atoms with Gasteiger partial charge in [-0.25, -0.2) is 0 Å². The summed E-state index contributed by atoms with van der Waals surface area (Å²) in [5, 5.41) is 8.91. The Hall–Kier alpha value is -0.900. The predicted molar refractivity (Wildman–Crippen MR) is 63.7 cm³/mol. The monoisotopic (exact) mass is 239 g/mol. The van der Waals surface area contributed by atoms with Crippen molar-refractivity contribution in [1.29, 1.82) is 0 Å². The highest BCUT2D eigenvalue weighted by molar-refractivity contribution is 5.82. The molecule has 4 heteroatoms. The molecule has 1 aliphatic heterocycles. The van der Waals surface area contributed by atoms with E-state index in [-0.39, 0.29) is 18.4 Å². The zero-order valence-corrected chi connectivity index (χ0v) is 10.4. The Bertz CT molecular complexity index is 316. The average molecular weight is 239 g/mol. The maximum Gasteiger partial charge on any atom is 0.317 e. The largest absolute Gasteiger partial charge is 0.480 e. The number of Topliss-reactive ketones (excluding diaryl/α,β-unsaturated/α-hetero) is 1. The Morgan fingerprint density at radius 2 is 1.94 bits per heavy atom. The number of carbonyl (C=O) groups is 2. The van der Waals surface area contributed by atoms with E-state index in [0.29, 0.717) is 11.8 Å². The molecule has 1 saturated heterocycles. The van der Waals surface area contributed by atoms with Crippen LogP contribution >= 0.6 is 0 Å². The van der Waals surface area contributed by atoms with Crippen LogP contribution in [0.4, 0.5) is 0 Å². The van der Waals surface area contributed by atoms with Crippen LogP contribution in [0, 0.1) is 11.8 Å². The van der Waals surface area contributed by atoms with Crippen molar-refractivity contribution < 1.29 is 14.7 Å². The first-order valence-electron chi connectivity index (χ1n) is 6.56. The highest BCUT2D eigenvalue weighted by atomic mass is 16.4. The van der Waals surface area contributed by atoms with Gasteiger partial charge in [-0.15, -0.1) is 0 Å². The lowest BCUT2D eigenvalue weighted by atomic mass is 9.70. The number of piperidine rings is 1. The van der Waals surface area contributed by atoms with Gasteiger partial charge < -0.3 is 5.11 Å². The van der Waals surface area contributed by atoms with Gasteiger partial charge in [0.1, 0.15) is 5.78 Å². The van der Waals surface area contributed by atoms with Gasteiger partial charge in [-0.2, -0.15) is 0 Å². The summed E-state index contributed by atoms with van der Waals surface area (Å²) in [5.74, 6) is 0.352. The lowest BCUT2D eigenvalue weighted by Gasteiger charge is -2.46. The average Bonchev–Trinajstić information content (AvgIpc) is 2.27. The lowest BCUT2D eigenvalue weighted by molar-refractivity contribution is -0.142. The maximum absolute atomic E-state index is 11.8. The quantitative estimate of drug-likeness (QED) is 0.811. The van der Waals surface area contributed by atoms with Crippen molar-refractivity contribution in [2.45, 2.75) is 45.1 Å². The molecule has 2 aliphatic rings. The van der Waals surface area contributed by atoms with Gasteiger partial charge in [0.2, 0.25) is 0 Å². The molecule has 2 fully saturated rings. The second kappa shape index (κ2) is 5.17. The van der Waals surface area contributed by atoms with Crippen molar-refractivity contribution >= 4 is 11.8 Å². The van der Waals surface area contributed by atoms with E-state index in [1.54, 1.807) is 6.92 Å². The number of ketones is 1. The standard InChI is InChI=1S/C13H21NO3/c1-9(15)13-11-5-3-2-4-10(11)6-7-14(13)8-12(16)17/h10-11,13H,2-8H2,1H3,(H,16,17). The number of hydrogen-bond acceptors (Lipinski definition) is 3. The van der Waals surface area contributed by atoms with Gasteiger partial charge in [-0.3, -0.25) is 14.5 Å². The van der Waals surface area contributed by atoms with Gasteiger partial charge in [-0.1, -0.05) is 19.3 Å². The number of fused-ring (bicyclic) bond motifs is 1. The molecule has 0 amide bonds. The molecule has 17 heavy (non-hydrogen) atoms. The van der Waals surface area contributed by atoms with Crippen molar-refractivity contribution in [2.24, 2.45) is 11.8 Å². The molecule has 0 radical (unpaired) electrons. The van der Waals surface area contributed by atoms with Crippen molar-refractivity contribution in [3.05, 3.63) is 0 Å². The van der Waals surface area contributed by atoms with Crippen LogP contribution in [0.1, 0.15) is 39.0 Å². The van der Waals surface area contributed by atoms with E-state index >= 15 is 0 Å². The van der Waals surface area contributed by atoms with Gasteiger partial charge in [-0.05, 0) is 38.1 Å². The fourth-order valence-corrected chi connectivity index (χ4v) is 3.66. The topological polar surface area (TPSA) is 57.6 Å². The number of aliphatic carboxylic acids is 1. The third kappa shape index (κ3) is 2.68. The van der Waals surface area contributed by atoms with E-state index < -0.39 is 5.97 Å². The number of rotatable bonds is 3. The van der Waals surface area contributed by atoms with Crippen molar-refractivity contribution in [2.75, 3.05) is 13.1 Å². The molecule has 0 bridgehead atoms. The maximum atomic E-state index is 11.8. The number of carboxylic acid groups (broad SMARTS) is 1. The first-order chi connectivity index (χ1) is 8.09. The Kier molecular flexibility index (Phi) is 3.82. The van der Waals surface area contributed by atoms with Crippen LogP contribution in [-0.4, -0.2) is 40.9 Å². The Balaban J connectivity index is 2.13. The molecule has 2 rings (SSSR count). The minimum Gasteiger partial charge on any atom is -0.480 e. The highest BCUT2D eigenvalue weighted by Gasteiger charge is 2.41. The van der Waals surface area contributed by atoms with E-state index in [4.69, 9.17) is 5.11 Å². The molecule has 96 valence electrons. The van der Waals surface area contributed by atoms with E-state index in [1.807, 2.05) is 4.90 Å². The van der Waals surface area contributed by atoms with Crippen LogP contribution in [0.5, 0.6) is 0 Å². The Labute approximate surface area is 102 Å². The van der Waals surface area contributed by atoms with Crippen molar-refractivity contribution in [3.63, 3.8) is 0 Å². The first-order valence-corrected chi connectivity index (χ1v) is 6.56. The summed E-state index contributed by atoms with van der Waals surface area (Å²) in [6, 6.07) is -0.148. The molecule has 0 aromatic carbocycles. The first kappa shape index (κ1) is 12.6. The molecule has 4 nitrogen and oxygen atoms in total. The van der Waals surface area contributed by atoms with Crippen LogP contribution in [0.2, 0.25) is 0 Å². The minimum absolute atomic E-state index is 0.00741. The number of nitrogens with zero attached hydrogens (tertiary/aromatic N) is 1. The summed E-state index contributed by atoms with van der Waals surface area (Å²) in [4.78, 5) is 24.5. The molecule has 0 aromatic rings. The fraction of sp³-hybridized carbons (Fsp3) is 0.846.